The molecule has 0 saturated carbocycles. The van der Waals surface area contributed by atoms with Crippen LogP contribution < -0.4 is 5.56 Å². The first-order valence-electron chi connectivity index (χ1n) is 7.97. The van der Waals surface area contributed by atoms with Crippen molar-refractivity contribution in [3.8, 4) is 0 Å². The first-order valence-corrected chi connectivity index (χ1v) is 7.97. The molecule has 2 heterocycles. The molecule has 0 spiro atoms. The highest BCUT2D eigenvalue weighted by molar-refractivity contribution is 5.87. The molecule has 3 aromatic rings. The van der Waals surface area contributed by atoms with Gasteiger partial charge in [-0.25, -0.2) is 9.78 Å². The number of fused-ring (bicyclic) bond motifs is 1. The average molecular weight is 341 g/mol. The molecule has 2 aromatic heterocycles. The van der Waals surface area contributed by atoms with Crippen molar-refractivity contribution in [3.05, 3.63) is 64.1 Å². The summed E-state index contributed by atoms with van der Waals surface area (Å²) in [5, 5.41) is 0.567. The van der Waals surface area contributed by atoms with E-state index in [-0.39, 0.29) is 11.3 Å². The van der Waals surface area contributed by atoms with E-state index in [0.29, 0.717) is 36.4 Å². The van der Waals surface area contributed by atoms with E-state index in [2.05, 4.69) is 9.97 Å². The van der Waals surface area contributed by atoms with Crippen LogP contribution in [0.1, 0.15) is 28.9 Å². The molecule has 0 atom stereocenters. The molecule has 3 rings (SSSR count). The van der Waals surface area contributed by atoms with Gasteiger partial charge in [-0.3, -0.25) is 9.69 Å². The number of furan rings is 1. The fourth-order valence-corrected chi connectivity index (χ4v) is 2.67. The van der Waals surface area contributed by atoms with Crippen LogP contribution in [0, 0.1) is 0 Å². The summed E-state index contributed by atoms with van der Waals surface area (Å²) in [5.74, 6) is 0.267. The summed E-state index contributed by atoms with van der Waals surface area (Å²) in [6.07, 6.45) is 1.46. The minimum Gasteiger partial charge on any atom is -0.463 e. The van der Waals surface area contributed by atoms with E-state index >= 15 is 0 Å². The Labute approximate surface area is 144 Å². The van der Waals surface area contributed by atoms with Crippen molar-refractivity contribution in [1.82, 2.24) is 14.9 Å². The number of para-hydroxylation sites is 1. The predicted molar refractivity (Wildman–Crippen MR) is 92.2 cm³/mol. The molecule has 0 saturated heterocycles. The number of benzene rings is 1. The zero-order chi connectivity index (χ0) is 17.8. The van der Waals surface area contributed by atoms with Gasteiger partial charge in [0.15, 0.2) is 0 Å². The highest BCUT2D eigenvalue weighted by Gasteiger charge is 2.18. The molecule has 7 heteroatoms. The Morgan fingerprint density at radius 2 is 2.08 bits per heavy atom. The molecule has 0 fully saturated rings. The maximum Gasteiger partial charge on any atom is 0.374 e. The molecule has 0 bridgehead atoms. The molecule has 25 heavy (non-hydrogen) atoms. The van der Waals surface area contributed by atoms with Gasteiger partial charge in [0, 0.05) is 12.1 Å². The third-order valence-electron chi connectivity index (χ3n) is 3.99. The van der Waals surface area contributed by atoms with Gasteiger partial charge in [0.2, 0.25) is 5.76 Å². The average Bonchev–Trinajstić information content (AvgIpc) is 3.08. The van der Waals surface area contributed by atoms with Gasteiger partial charge in [0.05, 0.1) is 30.8 Å². The van der Waals surface area contributed by atoms with Crippen LogP contribution in [0.4, 0.5) is 0 Å². The van der Waals surface area contributed by atoms with Crippen LogP contribution in [-0.2, 0) is 17.8 Å². The summed E-state index contributed by atoms with van der Waals surface area (Å²) >= 11 is 0. The molecule has 130 valence electrons. The van der Waals surface area contributed by atoms with Crippen molar-refractivity contribution in [1.29, 1.82) is 0 Å². The van der Waals surface area contributed by atoms with Crippen molar-refractivity contribution in [2.75, 3.05) is 13.7 Å². The maximum atomic E-state index is 12.2. The van der Waals surface area contributed by atoms with E-state index in [4.69, 9.17) is 9.15 Å². The molecule has 0 amide bonds. The van der Waals surface area contributed by atoms with Crippen LogP contribution in [0.2, 0.25) is 0 Å². The summed E-state index contributed by atoms with van der Waals surface area (Å²) in [5.41, 5.74) is 1.24. The normalized spacial score (nSPS) is 11.2. The number of rotatable bonds is 6. The number of ether oxygens (including phenoxy) is 1. The van der Waals surface area contributed by atoms with Crippen molar-refractivity contribution in [3.63, 3.8) is 0 Å². The number of hydrogen-bond acceptors (Lipinski definition) is 6. The van der Waals surface area contributed by atoms with Crippen LogP contribution >= 0.6 is 0 Å². The summed E-state index contributed by atoms with van der Waals surface area (Å²) in [6, 6.07) is 8.96. The smallest absolute Gasteiger partial charge is 0.374 e. The van der Waals surface area contributed by atoms with Gasteiger partial charge in [0.1, 0.15) is 5.82 Å². The molecule has 1 N–H and O–H groups in total. The summed E-state index contributed by atoms with van der Waals surface area (Å²) in [4.78, 5) is 33.3. The lowest BCUT2D eigenvalue weighted by atomic mass is 10.2. The summed E-state index contributed by atoms with van der Waals surface area (Å²) in [6.45, 7) is 3.63. The van der Waals surface area contributed by atoms with E-state index in [9.17, 15) is 9.59 Å². The number of carbonyl (C=O) groups excluding carboxylic acids is 1. The van der Waals surface area contributed by atoms with Crippen molar-refractivity contribution in [2.24, 2.45) is 0 Å². The van der Waals surface area contributed by atoms with Crippen LogP contribution in [0.3, 0.4) is 0 Å². The van der Waals surface area contributed by atoms with Crippen molar-refractivity contribution < 1.29 is 13.9 Å². The number of carbonyl (C=O) groups is 1. The molecular weight excluding hydrogens is 322 g/mol. The Balaban J connectivity index is 1.82. The third-order valence-corrected chi connectivity index (χ3v) is 3.99. The topological polar surface area (TPSA) is 88.4 Å². The number of aromatic amines is 1. The van der Waals surface area contributed by atoms with Crippen LogP contribution in [0.25, 0.3) is 10.9 Å². The SMILES string of the molecule is CCN(Cc1nc2ccccc2c(=O)[nH]1)Cc1ccoc1C(=O)OC. The number of nitrogens with one attached hydrogen (secondary N) is 1. The lowest BCUT2D eigenvalue weighted by Crippen LogP contribution is -2.26. The monoisotopic (exact) mass is 341 g/mol. The van der Waals surface area contributed by atoms with Gasteiger partial charge in [-0.1, -0.05) is 19.1 Å². The van der Waals surface area contributed by atoms with Crippen LogP contribution in [0.15, 0.2) is 45.8 Å². The van der Waals surface area contributed by atoms with E-state index < -0.39 is 5.97 Å². The highest BCUT2D eigenvalue weighted by atomic mass is 16.5. The molecule has 0 aliphatic heterocycles. The predicted octanol–water partition coefficient (Wildman–Crippen LogP) is 2.32. The lowest BCUT2D eigenvalue weighted by molar-refractivity contribution is 0.0561. The molecule has 0 unspecified atom stereocenters. The molecule has 1 aromatic carbocycles. The van der Waals surface area contributed by atoms with Crippen LogP contribution in [-0.4, -0.2) is 34.5 Å². The van der Waals surface area contributed by atoms with Crippen molar-refractivity contribution >= 4 is 16.9 Å². The maximum absolute atomic E-state index is 12.2. The van der Waals surface area contributed by atoms with E-state index in [1.54, 1.807) is 12.1 Å². The molecule has 0 aliphatic carbocycles. The number of hydrogen-bond donors (Lipinski definition) is 1. The van der Waals surface area contributed by atoms with Gasteiger partial charge in [-0.05, 0) is 24.7 Å². The third kappa shape index (κ3) is 3.61. The largest absolute Gasteiger partial charge is 0.463 e. The van der Waals surface area contributed by atoms with Crippen LogP contribution in [0.5, 0.6) is 0 Å². The Morgan fingerprint density at radius 1 is 1.28 bits per heavy atom. The minimum atomic E-state index is -0.506. The van der Waals surface area contributed by atoms with Gasteiger partial charge >= 0.3 is 5.97 Å². The Hall–Kier alpha value is -2.93. The molecular formula is C18H19N3O4. The quantitative estimate of drug-likeness (QED) is 0.692. The Kier molecular flexibility index (Phi) is 4.95. The number of H-pyrrole nitrogens is 1. The lowest BCUT2D eigenvalue weighted by Gasteiger charge is -2.19. The fourth-order valence-electron chi connectivity index (χ4n) is 2.67. The summed E-state index contributed by atoms with van der Waals surface area (Å²) in [7, 11) is 1.32. The fraction of sp³-hybridized carbons (Fsp3) is 0.278. The van der Waals surface area contributed by atoms with Gasteiger partial charge < -0.3 is 14.1 Å². The highest BCUT2D eigenvalue weighted by Crippen LogP contribution is 2.16. The van der Waals surface area contributed by atoms with Gasteiger partial charge in [-0.2, -0.15) is 0 Å². The van der Waals surface area contributed by atoms with Crippen molar-refractivity contribution in [2.45, 2.75) is 20.0 Å². The van der Waals surface area contributed by atoms with Gasteiger partial charge in [-0.15, -0.1) is 0 Å². The molecule has 0 aliphatic rings. The van der Waals surface area contributed by atoms with Gasteiger partial charge in [0.25, 0.3) is 5.56 Å². The minimum absolute atomic E-state index is 0.157. The number of nitrogens with zero attached hydrogens (tertiary/aromatic N) is 2. The second-order valence-electron chi connectivity index (χ2n) is 5.60. The first-order chi connectivity index (χ1) is 12.1. The summed E-state index contributed by atoms with van der Waals surface area (Å²) < 4.78 is 9.94. The van der Waals surface area contributed by atoms with E-state index in [1.165, 1.54) is 13.4 Å². The number of aromatic nitrogens is 2. The second-order valence-corrected chi connectivity index (χ2v) is 5.60. The Bertz CT molecular complexity index is 945. The second kappa shape index (κ2) is 7.31. The molecule has 7 nitrogen and oxygen atoms in total. The Morgan fingerprint density at radius 3 is 2.84 bits per heavy atom. The number of methoxy groups -OCH3 is 1. The standard InChI is InChI=1S/C18H19N3O4/c1-3-21(10-12-8-9-25-16(12)18(23)24-2)11-15-19-14-7-5-4-6-13(14)17(22)20-15/h4-9H,3,10-11H2,1-2H3,(H,19,20,22). The van der Waals surface area contributed by atoms with E-state index in [0.717, 1.165) is 5.56 Å². The zero-order valence-electron chi connectivity index (χ0n) is 14.1. The molecule has 0 radical (unpaired) electrons. The zero-order valence-corrected chi connectivity index (χ0v) is 14.1. The number of esters is 1. The first kappa shape index (κ1) is 16.9. The van der Waals surface area contributed by atoms with E-state index in [1.807, 2.05) is 30.0 Å².